The second-order valence-electron chi connectivity index (χ2n) is 5.04. The summed E-state index contributed by atoms with van der Waals surface area (Å²) < 4.78 is 1.87. The molecule has 0 spiro atoms. The predicted molar refractivity (Wildman–Crippen MR) is 81.1 cm³/mol. The third-order valence-corrected chi connectivity index (χ3v) is 3.61. The maximum Gasteiger partial charge on any atom is 0.0878 e. The van der Waals surface area contributed by atoms with Gasteiger partial charge >= 0.3 is 0 Å². The summed E-state index contributed by atoms with van der Waals surface area (Å²) in [5, 5.41) is 6.83. The molecule has 4 nitrogen and oxygen atoms in total. The highest BCUT2D eigenvalue weighted by Crippen LogP contribution is 2.25. The van der Waals surface area contributed by atoms with Crippen LogP contribution in [0.4, 0.5) is 0 Å². The van der Waals surface area contributed by atoms with E-state index in [-0.39, 0.29) is 6.04 Å². The van der Waals surface area contributed by atoms with E-state index < -0.39 is 0 Å². The molecule has 2 aromatic carbocycles. The van der Waals surface area contributed by atoms with Gasteiger partial charge in [-0.2, -0.15) is 5.10 Å². The number of nitrogens with two attached hydrogens (primary N) is 1. The Labute approximate surface area is 118 Å². The maximum absolute atomic E-state index is 5.77. The van der Waals surface area contributed by atoms with Gasteiger partial charge in [0.15, 0.2) is 0 Å². The van der Waals surface area contributed by atoms with Crippen molar-refractivity contribution in [1.82, 2.24) is 15.2 Å². The number of fused-ring (bicyclic) bond motifs is 1. The minimum absolute atomic E-state index is 0.0641. The minimum Gasteiger partial charge on any atom is -0.271 e. The van der Waals surface area contributed by atoms with Crippen LogP contribution in [0.25, 0.3) is 10.8 Å². The zero-order valence-electron chi connectivity index (χ0n) is 11.7. The topological polar surface area (TPSA) is 55.9 Å². The van der Waals surface area contributed by atoms with Crippen molar-refractivity contribution in [2.45, 2.75) is 13.0 Å². The van der Waals surface area contributed by atoms with Crippen LogP contribution in [0.15, 0.2) is 48.5 Å². The van der Waals surface area contributed by atoms with Crippen molar-refractivity contribution in [3.05, 3.63) is 65.5 Å². The molecule has 1 aromatic heterocycles. The van der Waals surface area contributed by atoms with Gasteiger partial charge in [-0.15, -0.1) is 0 Å². The normalized spacial score (nSPS) is 12.8. The summed E-state index contributed by atoms with van der Waals surface area (Å²) in [5.74, 6) is 5.77. The van der Waals surface area contributed by atoms with Gasteiger partial charge in [-0.1, -0.05) is 36.4 Å². The molecular weight excluding hydrogens is 248 g/mol. The second-order valence-corrected chi connectivity index (χ2v) is 5.04. The molecule has 1 heterocycles. The Balaban J connectivity index is 2.09. The number of hydrogen-bond donors (Lipinski definition) is 2. The summed E-state index contributed by atoms with van der Waals surface area (Å²) in [6, 6.07) is 16.7. The van der Waals surface area contributed by atoms with Gasteiger partial charge in [0.1, 0.15) is 0 Å². The van der Waals surface area contributed by atoms with E-state index in [2.05, 4.69) is 46.9 Å². The lowest BCUT2D eigenvalue weighted by Gasteiger charge is -2.17. The molecule has 0 saturated carbocycles. The van der Waals surface area contributed by atoms with Crippen molar-refractivity contribution < 1.29 is 0 Å². The molecule has 0 bridgehead atoms. The van der Waals surface area contributed by atoms with Crippen LogP contribution < -0.4 is 11.3 Å². The third-order valence-electron chi connectivity index (χ3n) is 3.61. The molecule has 4 heteroatoms. The average Bonchev–Trinajstić information content (AvgIpc) is 2.78. The zero-order chi connectivity index (χ0) is 14.1. The monoisotopic (exact) mass is 266 g/mol. The van der Waals surface area contributed by atoms with Gasteiger partial charge in [-0.3, -0.25) is 10.5 Å². The minimum atomic E-state index is -0.0641. The molecule has 0 aliphatic carbocycles. The van der Waals surface area contributed by atoms with Crippen molar-refractivity contribution in [1.29, 1.82) is 0 Å². The summed E-state index contributed by atoms with van der Waals surface area (Å²) in [6.45, 7) is 1.98. The predicted octanol–water partition coefficient (Wildman–Crippen LogP) is 2.43. The van der Waals surface area contributed by atoms with Gasteiger partial charge in [0, 0.05) is 7.05 Å². The summed E-state index contributed by atoms with van der Waals surface area (Å²) in [7, 11) is 1.94. The molecule has 0 fully saturated rings. The first-order chi connectivity index (χ1) is 9.69. The largest absolute Gasteiger partial charge is 0.271 e. The number of aryl methyl sites for hydroxylation is 2. The molecule has 0 aliphatic rings. The van der Waals surface area contributed by atoms with Crippen molar-refractivity contribution >= 4 is 10.8 Å². The molecule has 3 rings (SSSR count). The first-order valence-corrected chi connectivity index (χ1v) is 6.64. The van der Waals surface area contributed by atoms with Crippen LogP contribution in [0.1, 0.15) is 23.0 Å². The lowest BCUT2D eigenvalue weighted by atomic mass is 10.00. The molecule has 20 heavy (non-hydrogen) atoms. The maximum atomic E-state index is 5.77. The van der Waals surface area contributed by atoms with E-state index in [0.29, 0.717) is 0 Å². The Morgan fingerprint density at radius 2 is 1.85 bits per heavy atom. The van der Waals surface area contributed by atoms with Crippen LogP contribution in [0, 0.1) is 6.92 Å². The van der Waals surface area contributed by atoms with Crippen LogP contribution >= 0.6 is 0 Å². The van der Waals surface area contributed by atoms with Crippen molar-refractivity contribution in [2.75, 3.05) is 0 Å². The smallest absolute Gasteiger partial charge is 0.0878 e. The fourth-order valence-corrected chi connectivity index (χ4v) is 2.64. The summed E-state index contributed by atoms with van der Waals surface area (Å²) in [6.07, 6.45) is 0. The van der Waals surface area contributed by atoms with Gasteiger partial charge in [-0.05, 0) is 35.4 Å². The van der Waals surface area contributed by atoms with Crippen LogP contribution in [0.2, 0.25) is 0 Å². The first-order valence-electron chi connectivity index (χ1n) is 6.64. The van der Waals surface area contributed by atoms with Crippen molar-refractivity contribution in [2.24, 2.45) is 12.9 Å². The highest BCUT2D eigenvalue weighted by atomic mass is 15.3. The number of benzene rings is 2. The summed E-state index contributed by atoms with van der Waals surface area (Å²) >= 11 is 0. The van der Waals surface area contributed by atoms with E-state index in [4.69, 9.17) is 5.84 Å². The van der Waals surface area contributed by atoms with Crippen LogP contribution in [0.3, 0.4) is 0 Å². The molecule has 1 atom stereocenters. The van der Waals surface area contributed by atoms with Gasteiger partial charge in [0.25, 0.3) is 0 Å². The van der Waals surface area contributed by atoms with E-state index in [0.717, 1.165) is 17.0 Å². The fourth-order valence-electron chi connectivity index (χ4n) is 2.64. The van der Waals surface area contributed by atoms with Crippen LogP contribution in [-0.2, 0) is 7.05 Å². The Morgan fingerprint density at radius 3 is 2.50 bits per heavy atom. The zero-order valence-corrected chi connectivity index (χ0v) is 11.7. The number of nitrogens with zero attached hydrogens (tertiary/aromatic N) is 2. The standard InChI is InChI=1S/C16H18N4/c1-11-9-15(20(2)19-11)16(18-17)14-8-7-12-5-3-4-6-13(12)10-14/h3-10,16,18H,17H2,1-2H3. The molecule has 0 radical (unpaired) electrons. The summed E-state index contributed by atoms with van der Waals surface area (Å²) in [5.41, 5.74) is 6.07. The van der Waals surface area contributed by atoms with Gasteiger partial charge in [0.2, 0.25) is 0 Å². The van der Waals surface area contributed by atoms with Gasteiger partial charge in [-0.25, -0.2) is 5.43 Å². The Morgan fingerprint density at radius 1 is 1.10 bits per heavy atom. The van der Waals surface area contributed by atoms with E-state index in [1.165, 1.54) is 10.8 Å². The summed E-state index contributed by atoms with van der Waals surface area (Å²) in [4.78, 5) is 0. The van der Waals surface area contributed by atoms with Gasteiger partial charge < -0.3 is 0 Å². The number of rotatable bonds is 3. The lowest BCUT2D eigenvalue weighted by molar-refractivity contribution is 0.575. The van der Waals surface area contributed by atoms with Crippen LogP contribution in [0.5, 0.6) is 0 Å². The molecule has 3 aromatic rings. The van der Waals surface area contributed by atoms with E-state index in [9.17, 15) is 0 Å². The molecule has 0 amide bonds. The SMILES string of the molecule is Cc1cc(C(NN)c2ccc3ccccc3c2)n(C)n1. The van der Waals surface area contributed by atoms with E-state index in [1.807, 2.05) is 30.8 Å². The van der Waals surface area contributed by atoms with Crippen molar-refractivity contribution in [3.63, 3.8) is 0 Å². The molecule has 3 N–H and O–H groups in total. The average molecular weight is 266 g/mol. The Bertz CT molecular complexity index is 745. The number of hydrazine groups is 1. The fraction of sp³-hybridized carbons (Fsp3) is 0.188. The van der Waals surface area contributed by atoms with Gasteiger partial charge in [0.05, 0.1) is 17.4 Å². The second kappa shape index (κ2) is 5.07. The van der Waals surface area contributed by atoms with Crippen LogP contribution in [-0.4, -0.2) is 9.78 Å². The number of hydrogen-bond acceptors (Lipinski definition) is 3. The van der Waals surface area contributed by atoms with E-state index >= 15 is 0 Å². The third kappa shape index (κ3) is 2.19. The van der Waals surface area contributed by atoms with Crippen molar-refractivity contribution in [3.8, 4) is 0 Å². The Hall–Kier alpha value is -2.17. The lowest BCUT2D eigenvalue weighted by Crippen LogP contribution is -2.30. The Kier molecular flexibility index (Phi) is 3.26. The number of nitrogens with one attached hydrogen (secondary N) is 1. The number of aromatic nitrogens is 2. The highest BCUT2D eigenvalue weighted by Gasteiger charge is 2.17. The first kappa shape index (κ1) is 12.8. The van der Waals surface area contributed by atoms with E-state index in [1.54, 1.807) is 0 Å². The molecule has 0 aliphatic heterocycles. The highest BCUT2D eigenvalue weighted by molar-refractivity contribution is 5.83. The quantitative estimate of drug-likeness (QED) is 0.565. The molecule has 1 unspecified atom stereocenters. The molecule has 0 saturated heterocycles. The molecule has 102 valence electrons. The molecular formula is C16H18N4.